The number of rotatable bonds is 2. The smallest absolute Gasteiger partial charge is 0.159 e. The maximum atomic E-state index is 5.41. The van der Waals surface area contributed by atoms with Gasteiger partial charge in [-0.05, 0) is 12.1 Å². The first-order valence-corrected chi connectivity index (χ1v) is 5.27. The molecule has 1 heterocycles. The molecule has 2 aromatic rings. The summed E-state index contributed by atoms with van der Waals surface area (Å²) in [5.41, 5.74) is 5.18. The van der Waals surface area contributed by atoms with Crippen molar-refractivity contribution in [3.63, 3.8) is 0 Å². The zero-order chi connectivity index (χ0) is 10.5. The minimum atomic E-state index is 0.628. The van der Waals surface area contributed by atoms with Crippen LogP contribution < -0.4 is 11.3 Å². The Kier molecular flexibility index (Phi) is 3.06. The molecular formula is C10H10N4S. The maximum Gasteiger partial charge on any atom is 0.159 e. The van der Waals surface area contributed by atoms with E-state index in [1.54, 1.807) is 11.7 Å². The van der Waals surface area contributed by atoms with Gasteiger partial charge in [-0.2, -0.15) is 0 Å². The van der Waals surface area contributed by atoms with Gasteiger partial charge in [0.15, 0.2) is 5.84 Å². The number of benzene rings is 1. The maximum absolute atomic E-state index is 5.41. The summed E-state index contributed by atoms with van der Waals surface area (Å²) < 4.78 is 0. The normalized spacial score (nSPS) is 11.4. The number of aromatic nitrogens is 1. The lowest BCUT2D eigenvalue weighted by Crippen LogP contribution is -2.30. The number of hydrogen-bond acceptors (Lipinski definition) is 4. The Bertz CT molecular complexity index is 436. The minimum absolute atomic E-state index is 0.628. The lowest BCUT2D eigenvalue weighted by molar-refractivity contribution is 1.03. The van der Waals surface area contributed by atoms with Crippen LogP contribution in [0.4, 0.5) is 5.69 Å². The summed E-state index contributed by atoms with van der Waals surface area (Å²) in [4.78, 5) is 9.26. The summed E-state index contributed by atoms with van der Waals surface area (Å²) in [7, 11) is 0. The molecule has 0 radical (unpaired) electrons. The van der Waals surface area contributed by atoms with Gasteiger partial charge in [0.2, 0.25) is 0 Å². The van der Waals surface area contributed by atoms with Crippen molar-refractivity contribution in [3.8, 4) is 0 Å². The Labute approximate surface area is 91.5 Å². The summed E-state index contributed by atoms with van der Waals surface area (Å²) >= 11 is 1.49. The number of aliphatic imine (C=N–C) groups is 1. The summed E-state index contributed by atoms with van der Waals surface area (Å²) in [5.74, 6) is 6.04. The van der Waals surface area contributed by atoms with Crippen LogP contribution in [0.25, 0.3) is 0 Å². The van der Waals surface area contributed by atoms with Crippen molar-refractivity contribution in [2.75, 3.05) is 0 Å². The SMILES string of the molecule is NNC(=Nc1ccccc1)c1cncs1. The highest BCUT2D eigenvalue weighted by Crippen LogP contribution is 2.13. The van der Waals surface area contributed by atoms with E-state index in [2.05, 4.69) is 15.4 Å². The van der Waals surface area contributed by atoms with E-state index in [1.165, 1.54) is 11.3 Å². The highest BCUT2D eigenvalue weighted by molar-refractivity contribution is 7.11. The van der Waals surface area contributed by atoms with Gasteiger partial charge in [0, 0.05) is 6.20 Å². The summed E-state index contributed by atoms with van der Waals surface area (Å²) in [6.07, 6.45) is 1.73. The van der Waals surface area contributed by atoms with E-state index in [0.29, 0.717) is 5.84 Å². The predicted octanol–water partition coefficient (Wildman–Crippen LogP) is 1.68. The van der Waals surface area contributed by atoms with E-state index in [-0.39, 0.29) is 0 Å². The zero-order valence-electron chi connectivity index (χ0n) is 7.92. The molecule has 0 bridgehead atoms. The second-order valence-corrected chi connectivity index (χ2v) is 3.69. The second kappa shape index (κ2) is 4.68. The van der Waals surface area contributed by atoms with Gasteiger partial charge in [-0.1, -0.05) is 18.2 Å². The predicted molar refractivity (Wildman–Crippen MR) is 62.1 cm³/mol. The molecule has 3 N–H and O–H groups in total. The van der Waals surface area contributed by atoms with Crippen LogP contribution in [-0.2, 0) is 0 Å². The highest BCUT2D eigenvalue weighted by Gasteiger charge is 2.02. The average molecular weight is 218 g/mol. The molecule has 1 aromatic heterocycles. The second-order valence-electron chi connectivity index (χ2n) is 2.81. The van der Waals surface area contributed by atoms with E-state index < -0.39 is 0 Å². The van der Waals surface area contributed by atoms with Crippen molar-refractivity contribution in [1.29, 1.82) is 0 Å². The monoisotopic (exact) mass is 218 g/mol. The van der Waals surface area contributed by atoms with Gasteiger partial charge in [0.25, 0.3) is 0 Å². The first kappa shape index (κ1) is 9.82. The molecule has 0 aliphatic carbocycles. The molecule has 4 nitrogen and oxygen atoms in total. The molecule has 0 amide bonds. The molecule has 0 unspecified atom stereocenters. The lowest BCUT2D eigenvalue weighted by Gasteiger charge is -2.01. The number of amidine groups is 1. The van der Waals surface area contributed by atoms with Crippen LogP contribution in [0, 0.1) is 0 Å². The van der Waals surface area contributed by atoms with Gasteiger partial charge in [0.1, 0.15) is 0 Å². The van der Waals surface area contributed by atoms with Crippen molar-refractivity contribution in [3.05, 3.63) is 46.9 Å². The van der Waals surface area contributed by atoms with Gasteiger partial charge in [-0.25, -0.2) is 10.8 Å². The zero-order valence-corrected chi connectivity index (χ0v) is 8.74. The molecular weight excluding hydrogens is 208 g/mol. The van der Waals surface area contributed by atoms with Crippen molar-refractivity contribution in [1.82, 2.24) is 10.4 Å². The van der Waals surface area contributed by atoms with Crippen LogP contribution in [0.2, 0.25) is 0 Å². The summed E-state index contributed by atoms with van der Waals surface area (Å²) in [6.45, 7) is 0. The van der Waals surface area contributed by atoms with Crippen molar-refractivity contribution in [2.45, 2.75) is 0 Å². The Morgan fingerprint density at radius 1 is 1.33 bits per heavy atom. The molecule has 0 fully saturated rings. The van der Waals surface area contributed by atoms with Crippen LogP contribution in [0.1, 0.15) is 4.88 Å². The average Bonchev–Trinajstić information content (AvgIpc) is 2.81. The molecule has 0 saturated carbocycles. The number of para-hydroxylation sites is 1. The topological polar surface area (TPSA) is 63.3 Å². The van der Waals surface area contributed by atoms with Gasteiger partial charge in [-0.3, -0.25) is 4.98 Å². The van der Waals surface area contributed by atoms with Crippen molar-refractivity contribution < 1.29 is 0 Å². The number of hydrogen-bond donors (Lipinski definition) is 2. The molecule has 2 rings (SSSR count). The first-order valence-electron chi connectivity index (χ1n) is 4.39. The number of nitrogens with one attached hydrogen (secondary N) is 1. The van der Waals surface area contributed by atoms with E-state index in [9.17, 15) is 0 Å². The Balaban J connectivity index is 2.32. The first-order chi connectivity index (χ1) is 7.40. The molecule has 76 valence electrons. The van der Waals surface area contributed by atoms with Gasteiger partial charge < -0.3 is 5.43 Å². The summed E-state index contributed by atoms with van der Waals surface area (Å²) in [5, 5.41) is 0. The third-order valence-electron chi connectivity index (χ3n) is 1.80. The van der Waals surface area contributed by atoms with Crippen LogP contribution in [0.15, 0.2) is 47.0 Å². The fourth-order valence-corrected chi connectivity index (χ4v) is 1.70. The molecule has 5 heteroatoms. The molecule has 1 aromatic carbocycles. The van der Waals surface area contributed by atoms with Crippen LogP contribution in [0.3, 0.4) is 0 Å². The van der Waals surface area contributed by atoms with E-state index in [4.69, 9.17) is 5.84 Å². The standard InChI is InChI=1S/C10H10N4S/c11-14-10(9-6-12-7-15-9)13-8-4-2-1-3-5-8/h1-7H,11H2,(H,13,14). The van der Waals surface area contributed by atoms with Crippen LogP contribution >= 0.6 is 11.3 Å². The Morgan fingerprint density at radius 3 is 2.73 bits per heavy atom. The largest absolute Gasteiger partial charge is 0.307 e. The number of thiazole rings is 1. The van der Waals surface area contributed by atoms with Crippen LogP contribution in [-0.4, -0.2) is 10.8 Å². The molecule has 0 saturated heterocycles. The molecule has 0 aliphatic heterocycles. The van der Waals surface area contributed by atoms with E-state index in [1.807, 2.05) is 30.3 Å². The number of nitrogens with zero attached hydrogens (tertiary/aromatic N) is 2. The molecule has 15 heavy (non-hydrogen) atoms. The third kappa shape index (κ3) is 2.39. The number of hydrazine groups is 1. The number of nitrogens with two attached hydrogens (primary N) is 1. The van der Waals surface area contributed by atoms with E-state index in [0.717, 1.165) is 10.6 Å². The van der Waals surface area contributed by atoms with Crippen molar-refractivity contribution in [2.24, 2.45) is 10.8 Å². The molecule has 0 aliphatic rings. The quantitative estimate of drug-likeness (QED) is 0.349. The van der Waals surface area contributed by atoms with Gasteiger partial charge in [-0.15, -0.1) is 11.3 Å². The van der Waals surface area contributed by atoms with Crippen LogP contribution in [0.5, 0.6) is 0 Å². The molecule has 0 atom stereocenters. The Morgan fingerprint density at radius 2 is 2.13 bits per heavy atom. The Hall–Kier alpha value is -1.72. The minimum Gasteiger partial charge on any atom is -0.307 e. The third-order valence-corrected chi connectivity index (χ3v) is 2.58. The van der Waals surface area contributed by atoms with Crippen molar-refractivity contribution >= 4 is 22.9 Å². The lowest BCUT2D eigenvalue weighted by atomic mass is 10.3. The molecule has 0 spiro atoms. The fourth-order valence-electron chi connectivity index (χ4n) is 1.12. The fraction of sp³-hybridized carbons (Fsp3) is 0. The van der Waals surface area contributed by atoms with Gasteiger partial charge in [0.05, 0.1) is 16.1 Å². The van der Waals surface area contributed by atoms with E-state index >= 15 is 0 Å². The van der Waals surface area contributed by atoms with Gasteiger partial charge >= 0.3 is 0 Å². The highest BCUT2D eigenvalue weighted by atomic mass is 32.1. The summed E-state index contributed by atoms with van der Waals surface area (Å²) in [6, 6.07) is 9.64.